The topological polar surface area (TPSA) is 55.1 Å². The van der Waals surface area contributed by atoms with Gasteiger partial charge in [-0.25, -0.2) is 0 Å². The van der Waals surface area contributed by atoms with Crippen molar-refractivity contribution in [2.45, 2.75) is 51.5 Å². The Balaban J connectivity index is 0.00000144. The van der Waals surface area contributed by atoms with Crippen molar-refractivity contribution in [1.29, 1.82) is 0 Å². The van der Waals surface area contributed by atoms with Gasteiger partial charge in [0.05, 0.1) is 0 Å². The van der Waals surface area contributed by atoms with Crippen LogP contribution >= 0.6 is 12.4 Å². The number of hydrogen-bond donors (Lipinski definition) is 2. The van der Waals surface area contributed by atoms with E-state index in [-0.39, 0.29) is 24.2 Å². The van der Waals surface area contributed by atoms with E-state index in [1.165, 1.54) is 25.7 Å². The van der Waals surface area contributed by atoms with Crippen LogP contribution in [-0.4, -0.2) is 18.5 Å². The molecule has 3 nitrogen and oxygen atoms in total. The Hall–Kier alpha value is -0.280. The lowest BCUT2D eigenvalue weighted by molar-refractivity contribution is -0.126. The Morgan fingerprint density at radius 1 is 1.35 bits per heavy atom. The lowest BCUT2D eigenvalue weighted by Gasteiger charge is -2.17. The molecule has 4 heteroatoms. The largest absolute Gasteiger partial charge is 0.353 e. The molecule has 0 spiro atoms. The van der Waals surface area contributed by atoms with Gasteiger partial charge in [0.15, 0.2) is 0 Å². The molecule has 2 unspecified atom stereocenters. The molecule has 0 aromatic heterocycles. The van der Waals surface area contributed by atoms with Gasteiger partial charge in [0, 0.05) is 12.0 Å². The van der Waals surface area contributed by atoms with Crippen LogP contribution in [0.15, 0.2) is 0 Å². The summed E-state index contributed by atoms with van der Waals surface area (Å²) in [7, 11) is 0. The molecule has 3 N–H and O–H groups in total. The summed E-state index contributed by atoms with van der Waals surface area (Å²) < 4.78 is 0. The van der Waals surface area contributed by atoms with Gasteiger partial charge in [0.1, 0.15) is 0 Å². The number of nitrogens with two attached hydrogens (primary N) is 1. The SMILES string of the molecule is CCCC1CC1NC(=O)[C@@H]1CCC[C@@H]1CN.Cl. The van der Waals surface area contributed by atoms with Crippen LogP contribution in [0.5, 0.6) is 0 Å². The van der Waals surface area contributed by atoms with Gasteiger partial charge in [0.2, 0.25) is 5.91 Å². The van der Waals surface area contributed by atoms with E-state index in [9.17, 15) is 4.79 Å². The average Bonchev–Trinajstić information content (AvgIpc) is 2.84. The van der Waals surface area contributed by atoms with Crippen LogP contribution in [0.2, 0.25) is 0 Å². The Morgan fingerprint density at radius 2 is 2.12 bits per heavy atom. The first kappa shape index (κ1) is 14.8. The molecule has 2 saturated carbocycles. The predicted molar refractivity (Wildman–Crippen MR) is 72.1 cm³/mol. The maximum absolute atomic E-state index is 12.0. The van der Waals surface area contributed by atoms with Gasteiger partial charge in [-0.1, -0.05) is 19.8 Å². The van der Waals surface area contributed by atoms with E-state index >= 15 is 0 Å². The van der Waals surface area contributed by atoms with Crippen LogP contribution in [0, 0.1) is 17.8 Å². The summed E-state index contributed by atoms with van der Waals surface area (Å²) in [5.41, 5.74) is 5.70. The Labute approximate surface area is 110 Å². The maximum Gasteiger partial charge on any atom is 0.223 e. The van der Waals surface area contributed by atoms with Gasteiger partial charge in [-0.05, 0) is 44.1 Å². The predicted octanol–water partition coefficient (Wildman–Crippen LogP) is 2.09. The number of nitrogens with one attached hydrogen (secondary N) is 1. The summed E-state index contributed by atoms with van der Waals surface area (Å²) in [5.74, 6) is 1.67. The third kappa shape index (κ3) is 3.59. The Morgan fingerprint density at radius 3 is 2.76 bits per heavy atom. The molecule has 0 bridgehead atoms. The molecular formula is C13H25ClN2O. The highest BCUT2D eigenvalue weighted by atomic mass is 35.5. The summed E-state index contributed by atoms with van der Waals surface area (Å²) in [6, 6.07) is 0.478. The van der Waals surface area contributed by atoms with Crippen molar-refractivity contribution in [1.82, 2.24) is 5.32 Å². The van der Waals surface area contributed by atoms with E-state index < -0.39 is 0 Å². The first-order valence-electron chi connectivity index (χ1n) is 6.76. The van der Waals surface area contributed by atoms with E-state index in [1.54, 1.807) is 0 Å². The standard InChI is InChI=1S/C13H24N2O.ClH/c1-2-4-9-7-12(9)15-13(16)11-6-3-5-10(11)8-14;/h9-12H,2-8,14H2,1H3,(H,15,16);1H/t9?,10-,11-,12?;/m1./s1. The molecule has 0 aromatic carbocycles. The first-order valence-corrected chi connectivity index (χ1v) is 6.76. The molecule has 0 heterocycles. The van der Waals surface area contributed by atoms with Crippen molar-refractivity contribution < 1.29 is 4.79 Å². The number of hydrogen-bond acceptors (Lipinski definition) is 2. The van der Waals surface area contributed by atoms with Crippen molar-refractivity contribution in [3.63, 3.8) is 0 Å². The Kier molecular flexibility index (Phi) is 5.74. The van der Waals surface area contributed by atoms with Gasteiger partial charge in [-0.3, -0.25) is 4.79 Å². The zero-order valence-corrected chi connectivity index (χ0v) is 11.5. The van der Waals surface area contributed by atoms with E-state index in [0.717, 1.165) is 18.8 Å². The molecule has 17 heavy (non-hydrogen) atoms. The monoisotopic (exact) mass is 260 g/mol. The molecule has 2 aliphatic rings. The number of halogens is 1. The normalized spacial score (nSPS) is 35.2. The lowest BCUT2D eigenvalue weighted by atomic mass is 9.95. The summed E-state index contributed by atoms with van der Waals surface area (Å²) in [6.45, 7) is 2.87. The highest BCUT2D eigenvalue weighted by Gasteiger charge is 2.40. The average molecular weight is 261 g/mol. The van der Waals surface area contributed by atoms with Gasteiger partial charge >= 0.3 is 0 Å². The fraction of sp³-hybridized carbons (Fsp3) is 0.923. The minimum absolute atomic E-state index is 0. The second kappa shape index (κ2) is 6.60. The summed E-state index contributed by atoms with van der Waals surface area (Å²) in [6.07, 6.45) is 7.03. The molecule has 1 amide bonds. The van der Waals surface area contributed by atoms with E-state index in [0.29, 0.717) is 18.5 Å². The molecule has 0 radical (unpaired) electrons. The van der Waals surface area contributed by atoms with Gasteiger partial charge in [0.25, 0.3) is 0 Å². The summed E-state index contributed by atoms with van der Waals surface area (Å²) in [4.78, 5) is 12.0. The minimum atomic E-state index is 0. The number of rotatable bonds is 5. The fourth-order valence-corrected chi connectivity index (χ4v) is 3.07. The Bertz CT molecular complexity index is 260. The van der Waals surface area contributed by atoms with E-state index in [2.05, 4.69) is 12.2 Å². The van der Waals surface area contributed by atoms with E-state index in [4.69, 9.17) is 5.73 Å². The van der Waals surface area contributed by atoms with Crippen LogP contribution in [-0.2, 0) is 4.79 Å². The van der Waals surface area contributed by atoms with Gasteiger partial charge in [-0.15, -0.1) is 12.4 Å². The molecule has 2 aliphatic carbocycles. The zero-order chi connectivity index (χ0) is 11.5. The van der Waals surface area contributed by atoms with Crippen molar-refractivity contribution in [2.75, 3.05) is 6.54 Å². The molecule has 0 saturated heterocycles. The summed E-state index contributed by atoms with van der Waals surface area (Å²) >= 11 is 0. The minimum Gasteiger partial charge on any atom is -0.353 e. The third-order valence-electron chi connectivity index (χ3n) is 4.21. The quantitative estimate of drug-likeness (QED) is 0.795. The maximum atomic E-state index is 12.0. The zero-order valence-electron chi connectivity index (χ0n) is 10.7. The van der Waals surface area contributed by atoms with Crippen molar-refractivity contribution in [3.05, 3.63) is 0 Å². The number of carbonyl (C=O) groups is 1. The van der Waals surface area contributed by atoms with Crippen LogP contribution in [0.4, 0.5) is 0 Å². The summed E-state index contributed by atoms with van der Waals surface area (Å²) in [5, 5.41) is 3.20. The van der Waals surface area contributed by atoms with Crippen molar-refractivity contribution >= 4 is 18.3 Å². The molecule has 0 aromatic rings. The second-order valence-corrected chi connectivity index (χ2v) is 5.43. The number of carbonyl (C=O) groups excluding carboxylic acids is 1. The molecule has 2 fully saturated rings. The fourth-order valence-electron chi connectivity index (χ4n) is 3.07. The highest BCUT2D eigenvalue weighted by molar-refractivity contribution is 5.85. The smallest absolute Gasteiger partial charge is 0.223 e. The van der Waals surface area contributed by atoms with Crippen molar-refractivity contribution in [2.24, 2.45) is 23.5 Å². The van der Waals surface area contributed by atoms with Crippen LogP contribution < -0.4 is 11.1 Å². The van der Waals surface area contributed by atoms with Crippen LogP contribution in [0.1, 0.15) is 45.4 Å². The third-order valence-corrected chi connectivity index (χ3v) is 4.21. The second-order valence-electron chi connectivity index (χ2n) is 5.43. The van der Waals surface area contributed by atoms with Crippen molar-refractivity contribution in [3.8, 4) is 0 Å². The first-order chi connectivity index (χ1) is 7.76. The van der Waals surface area contributed by atoms with Crippen LogP contribution in [0.25, 0.3) is 0 Å². The number of amides is 1. The highest BCUT2D eigenvalue weighted by Crippen LogP contribution is 2.36. The molecule has 2 rings (SSSR count). The van der Waals surface area contributed by atoms with E-state index in [1.807, 2.05) is 0 Å². The molecule has 0 aliphatic heterocycles. The van der Waals surface area contributed by atoms with Crippen LogP contribution in [0.3, 0.4) is 0 Å². The van der Waals surface area contributed by atoms with Gasteiger partial charge in [-0.2, -0.15) is 0 Å². The van der Waals surface area contributed by atoms with Gasteiger partial charge < -0.3 is 11.1 Å². The molecular weight excluding hydrogens is 236 g/mol. The molecule has 4 atom stereocenters. The lowest BCUT2D eigenvalue weighted by Crippen LogP contribution is -2.36. The molecule has 100 valence electrons.